The van der Waals surface area contributed by atoms with Gasteiger partial charge in [-0.05, 0) is 31.4 Å². The van der Waals surface area contributed by atoms with E-state index >= 15 is 0 Å². The molecular formula is C10H16N2S. The van der Waals surface area contributed by atoms with Gasteiger partial charge >= 0.3 is 0 Å². The normalized spacial score (nSPS) is 12.8. The Kier molecular flexibility index (Phi) is 4.86. The molecule has 0 bridgehead atoms. The minimum atomic E-state index is 0.555. The fraction of sp³-hybridized carbons (Fsp3) is 0.500. The SMILES string of the molecule is CNC(CSC)Cc1cccnc1. The van der Waals surface area contributed by atoms with Gasteiger partial charge in [0.1, 0.15) is 0 Å². The van der Waals surface area contributed by atoms with E-state index in [1.807, 2.05) is 37.3 Å². The van der Waals surface area contributed by atoms with E-state index in [1.165, 1.54) is 5.56 Å². The lowest BCUT2D eigenvalue weighted by Crippen LogP contribution is -2.29. The minimum absolute atomic E-state index is 0.555. The van der Waals surface area contributed by atoms with Crippen molar-refractivity contribution in [2.45, 2.75) is 12.5 Å². The molecule has 3 heteroatoms. The molecule has 1 aromatic heterocycles. The van der Waals surface area contributed by atoms with Crippen LogP contribution in [0.4, 0.5) is 0 Å². The zero-order valence-electron chi connectivity index (χ0n) is 8.16. The van der Waals surface area contributed by atoms with Crippen molar-refractivity contribution >= 4 is 11.8 Å². The quantitative estimate of drug-likeness (QED) is 0.774. The standard InChI is InChI=1S/C10H16N2S/c1-11-10(8-13-2)6-9-4-3-5-12-7-9/h3-5,7,10-11H,6,8H2,1-2H3. The van der Waals surface area contributed by atoms with Crippen LogP contribution in [0.15, 0.2) is 24.5 Å². The molecule has 0 spiro atoms. The first-order valence-electron chi connectivity index (χ1n) is 4.42. The van der Waals surface area contributed by atoms with Crippen LogP contribution in [0.2, 0.25) is 0 Å². The molecule has 13 heavy (non-hydrogen) atoms. The van der Waals surface area contributed by atoms with Gasteiger partial charge in [0.15, 0.2) is 0 Å². The Morgan fingerprint density at radius 1 is 1.62 bits per heavy atom. The summed E-state index contributed by atoms with van der Waals surface area (Å²) in [6, 6.07) is 4.66. The second-order valence-electron chi connectivity index (χ2n) is 3.01. The van der Waals surface area contributed by atoms with Gasteiger partial charge in [-0.15, -0.1) is 0 Å². The number of aromatic nitrogens is 1. The third kappa shape index (κ3) is 3.79. The molecule has 0 aliphatic carbocycles. The molecule has 0 aliphatic heterocycles. The Bertz CT molecular complexity index is 226. The van der Waals surface area contributed by atoms with Crippen molar-refractivity contribution in [1.82, 2.24) is 10.3 Å². The molecule has 1 heterocycles. The lowest BCUT2D eigenvalue weighted by molar-refractivity contribution is 0.616. The monoisotopic (exact) mass is 196 g/mol. The van der Waals surface area contributed by atoms with Gasteiger partial charge in [0.05, 0.1) is 0 Å². The van der Waals surface area contributed by atoms with E-state index in [2.05, 4.69) is 22.6 Å². The predicted molar refractivity (Wildman–Crippen MR) is 59.2 cm³/mol. The highest BCUT2D eigenvalue weighted by atomic mass is 32.2. The largest absolute Gasteiger partial charge is 0.316 e. The van der Waals surface area contributed by atoms with Crippen LogP contribution < -0.4 is 5.32 Å². The zero-order valence-corrected chi connectivity index (χ0v) is 8.97. The first kappa shape index (κ1) is 10.5. The topological polar surface area (TPSA) is 24.9 Å². The third-order valence-corrected chi connectivity index (χ3v) is 2.72. The summed E-state index contributed by atoms with van der Waals surface area (Å²) in [6.45, 7) is 0. The molecule has 1 unspecified atom stereocenters. The zero-order chi connectivity index (χ0) is 9.52. The first-order chi connectivity index (χ1) is 6.36. The molecule has 0 fully saturated rings. The number of likely N-dealkylation sites (N-methyl/N-ethyl adjacent to an activating group) is 1. The summed E-state index contributed by atoms with van der Waals surface area (Å²) >= 11 is 1.87. The molecule has 0 amide bonds. The number of hydrogen-bond acceptors (Lipinski definition) is 3. The summed E-state index contributed by atoms with van der Waals surface area (Å²) in [7, 11) is 2.01. The molecule has 0 aliphatic rings. The number of nitrogens with zero attached hydrogens (tertiary/aromatic N) is 1. The lowest BCUT2D eigenvalue weighted by Gasteiger charge is -2.14. The van der Waals surface area contributed by atoms with Crippen LogP contribution in [0.25, 0.3) is 0 Å². The number of thioether (sulfide) groups is 1. The Labute approximate surface area is 84.1 Å². The summed E-state index contributed by atoms with van der Waals surface area (Å²) in [6.07, 6.45) is 6.94. The molecule has 72 valence electrons. The van der Waals surface area contributed by atoms with Gasteiger partial charge in [0.2, 0.25) is 0 Å². The molecule has 1 aromatic rings. The smallest absolute Gasteiger partial charge is 0.0300 e. The highest BCUT2D eigenvalue weighted by Gasteiger charge is 2.05. The van der Waals surface area contributed by atoms with Gasteiger partial charge in [-0.2, -0.15) is 11.8 Å². The van der Waals surface area contributed by atoms with Crippen LogP contribution in [0.5, 0.6) is 0 Å². The van der Waals surface area contributed by atoms with Crippen molar-refractivity contribution in [2.24, 2.45) is 0 Å². The molecule has 2 nitrogen and oxygen atoms in total. The van der Waals surface area contributed by atoms with Crippen molar-refractivity contribution < 1.29 is 0 Å². The predicted octanol–water partition coefficient (Wildman–Crippen LogP) is 1.58. The Morgan fingerprint density at radius 2 is 2.46 bits per heavy atom. The van der Waals surface area contributed by atoms with Crippen LogP contribution in [-0.4, -0.2) is 30.1 Å². The molecular weight excluding hydrogens is 180 g/mol. The average molecular weight is 196 g/mol. The molecule has 0 saturated carbocycles. The number of nitrogens with one attached hydrogen (secondary N) is 1. The van der Waals surface area contributed by atoms with Crippen LogP contribution in [0.1, 0.15) is 5.56 Å². The lowest BCUT2D eigenvalue weighted by atomic mass is 10.1. The number of pyridine rings is 1. The van der Waals surface area contributed by atoms with Gasteiger partial charge < -0.3 is 5.32 Å². The van der Waals surface area contributed by atoms with E-state index in [0.29, 0.717) is 6.04 Å². The second-order valence-corrected chi connectivity index (χ2v) is 3.92. The fourth-order valence-electron chi connectivity index (χ4n) is 1.25. The van der Waals surface area contributed by atoms with E-state index in [9.17, 15) is 0 Å². The first-order valence-corrected chi connectivity index (χ1v) is 5.81. The Balaban J connectivity index is 2.46. The number of hydrogen-bond donors (Lipinski definition) is 1. The molecule has 0 saturated heterocycles. The van der Waals surface area contributed by atoms with Crippen LogP contribution >= 0.6 is 11.8 Å². The fourth-order valence-corrected chi connectivity index (χ4v) is 1.94. The molecule has 1 atom stereocenters. The summed E-state index contributed by atoms with van der Waals surface area (Å²) in [5, 5.41) is 3.30. The Morgan fingerprint density at radius 3 is 3.00 bits per heavy atom. The summed E-state index contributed by atoms with van der Waals surface area (Å²) in [4.78, 5) is 4.10. The van der Waals surface area contributed by atoms with Crippen LogP contribution in [0, 0.1) is 0 Å². The van der Waals surface area contributed by atoms with Gasteiger partial charge in [-0.1, -0.05) is 6.07 Å². The summed E-state index contributed by atoms with van der Waals surface area (Å²) in [5.74, 6) is 1.14. The van der Waals surface area contributed by atoms with Crippen molar-refractivity contribution in [2.75, 3.05) is 19.1 Å². The van der Waals surface area contributed by atoms with Crippen LogP contribution in [-0.2, 0) is 6.42 Å². The second kappa shape index (κ2) is 6.00. The molecule has 0 aromatic carbocycles. The Hall–Kier alpha value is -0.540. The highest BCUT2D eigenvalue weighted by molar-refractivity contribution is 7.98. The maximum Gasteiger partial charge on any atom is 0.0300 e. The summed E-state index contributed by atoms with van der Waals surface area (Å²) in [5.41, 5.74) is 1.30. The van der Waals surface area contributed by atoms with Gasteiger partial charge in [0.25, 0.3) is 0 Å². The maximum absolute atomic E-state index is 4.10. The van der Waals surface area contributed by atoms with Gasteiger partial charge in [-0.3, -0.25) is 4.98 Å². The van der Waals surface area contributed by atoms with Crippen molar-refractivity contribution in [3.63, 3.8) is 0 Å². The van der Waals surface area contributed by atoms with Gasteiger partial charge in [-0.25, -0.2) is 0 Å². The number of rotatable bonds is 5. The van der Waals surface area contributed by atoms with Gasteiger partial charge in [0, 0.05) is 24.2 Å². The third-order valence-electron chi connectivity index (χ3n) is 1.98. The molecule has 0 radical (unpaired) electrons. The summed E-state index contributed by atoms with van der Waals surface area (Å²) < 4.78 is 0. The maximum atomic E-state index is 4.10. The molecule has 1 rings (SSSR count). The van der Waals surface area contributed by atoms with Crippen molar-refractivity contribution in [3.05, 3.63) is 30.1 Å². The van der Waals surface area contributed by atoms with E-state index < -0.39 is 0 Å². The van der Waals surface area contributed by atoms with E-state index in [4.69, 9.17) is 0 Å². The molecule has 1 N–H and O–H groups in total. The van der Waals surface area contributed by atoms with E-state index in [-0.39, 0.29) is 0 Å². The average Bonchev–Trinajstić information content (AvgIpc) is 2.19. The van der Waals surface area contributed by atoms with Crippen LogP contribution in [0.3, 0.4) is 0 Å². The van der Waals surface area contributed by atoms with E-state index in [1.54, 1.807) is 0 Å². The van der Waals surface area contributed by atoms with E-state index in [0.717, 1.165) is 12.2 Å². The van der Waals surface area contributed by atoms with Crippen molar-refractivity contribution in [1.29, 1.82) is 0 Å². The highest BCUT2D eigenvalue weighted by Crippen LogP contribution is 2.05. The minimum Gasteiger partial charge on any atom is -0.316 e. The van der Waals surface area contributed by atoms with Crippen molar-refractivity contribution in [3.8, 4) is 0 Å².